The maximum atomic E-state index is 12.0. The Morgan fingerprint density at radius 2 is 1.71 bits per heavy atom. The van der Waals surface area contributed by atoms with Crippen LogP contribution in [0.15, 0.2) is 11.1 Å². The van der Waals surface area contributed by atoms with Crippen molar-refractivity contribution in [2.24, 2.45) is 5.92 Å². The summed E-state index contributed by atoms with van der Waals surface area (Å²) in [5.41, 5.74) is -1.14. The fourth-order valence-electron chi connectivity index (χ4n) is 1.92. The molecule has 1 aromatic heterocycles. The van der Waals surface area contributed by atoms with Gasteiger partial charge in [0, 0.05) is 13.1 Å². The summed E-state index contributed by atoms with van der Waals surface area (Å²) in [6.07, 6.45) is 0.752. The minimum Gasteiger partial charge on any atom is -0.307 e. The topological polar surface area (TPSA) is 180 Å². The summed E-state index contributed by atoms with van der Waals surface area (Å²) in [7, 11) is 0. The summed E-state index contributed by atoms with van der Waals surface area (Å²) in [5.74, 6) is -5.30. The zero-order valence-corrected chi connectivity index (χ0v) is 13.1. The van der Waals surface area contributed by atoms with Gasteiger partial charge in [-0.1, -0.05) is 13.8 Å². The van der Waals surface area contributed by atoms with Crippen LogP contribution < -0.4 is 10.7 Å². The fraction of sp³-hybridized carbons (Fsp3) is 0.700. The second kappa shape index (κ2) is 6.93. The molecule has 0 N–H and O–H groups in total. The van der Waals surface area contributed by atoms with E-state index in [0.717, 1.165) is 11.0 Å². The second-order valence-corrected chi connectivity index (χ2v) is 5.11. The molecule has 0 aliphatic rings. The third-order valence-electron chi connectivity index (χ3n) is 3.00. The van der Waals surface area contributed by atoms with Crippen LogP contribution in [0.25, 0.3) is 0 Å². The molecule has 0 saturated carbocycles. The normalized spacial score (nSPS) is 11.3. The van der Waals surface area contributed by atoms with Crippen molar-refractivity contribution >= 4 is 0 Å². The van der Waals surface area contributed by atoms with Gasteiger partial charge in [0.2, 0.25) is 0 Å². The summed E-state index contributed by atoms with van der Waals surface area (Å²) in [6, 6.07) is 0. The van der Waals surface area contributed by atoms with Crippen molar-refractivity contribution in [2.45, 2.75) is 26.6 Å². The third kappa shape index (κ3) is 3.11. The van der Waals surface area contributed by atoms with E-state index in [4.69, 9.17) is 0 Å². The highest BCUT2D eigenvalue weighted by atomic mass is 16.7. The molecule has 1 aromatic rings. The first-order chi connectivity index (χ1) is 11.1. The molecule has 0 unspecified atom stereocenters. The van der Waals surface area contributed by atoms with Crippen LogP contribution in [0.3, 0.4) is 0 Å². The van der Waals surface area contributed by atoms with Gasteiger partial charge in [0.1, 0.15) is 6.33 Å². The first-order valence-corrected chi connectivity index (χ1v) is 6.73. The van der Waals surface area contributed by atoms with Gasteiger partial charge in [-0.15, -0.1) is 0 Å². The zero-order valence-electron chi connectivity index (χ0n) is 13.1. The number of nitro groups is 3. The fourth-order valence-corrected chi connectivity index (χ4v) is 1.92. The molecular weight excluding hydrogens is 330 g/mol. The van der Waals surface area contributed by atoms with Gasteiger partial charge in [-0.3, -0.25) is 30.3 Å². The standard InChI is InChI=1S/C10H15N7O7/c1-4-13(5-7(2)3)14-6-11-8(12-9(14)18)10(15(19)20,16(21)22)17(23)24/h6-7H,4-5H2,1-3H3. The Bertz CT molecular complexity index is 680. The number of hydrogen-bond donors (Lipinski definition) is 0. The molecule has 14 heteroatoms. The van der Waals surface area contributed by atoms with E-state index >= 15 is 0 Å². The first-order valence-electron chi connectivity index (χ1n) is 6.73. The molecule has 0 aromatic carbocycles. The number of aromatic nitrogens is 3. The summed E-state index contributed by atoms with van der Waals surface area (Å²) >= 11 is 0. The SMILES string of the molecule is CCN(CC(C)C)n1cnc(C([N+](=O)[O-])([N+](=O)[O-])[N+](=O)[O-])nc1=O. The van der Waals surface area contributed by atoms with Crippen molar-refractivity contribution in [1.29, 1.82) is 0 Å². The Labute approximate surface area is 134 Å². The molecule has 0 spiro atoms. The molecule has 0 amide bonds. The van der Waals surface area contributed by atoms with Gasteiger partial charge in [0.05, 0.1) is 0 Å². The van der Waals surface area contributed by atoms with Gasteiger partial charge in [-0.05, 0) is 12.8 Å². The van der Waals surface area contributed by atoms with Crippen LogP contribution in [0.1, 0.15) is 26.6 Å². The number of rotatable bonds is 8. The lowest BCUT2D eigenvalue weighted by atomic mass is 10.2. The van der Waals surface area contributed by atoms with Gasteiger partial charge in [0.15, 0.2) is 14.8 Å². The molecular formula is C10H15N7O7. The highest BCUT2D eigenvalue weighted by Gasteiger charge is 2.76. The monoisotopic (exact) mass is 345 g/mol. The Balaban J connectivity index is 3.51. The molecule has 1 rings (SSSR count). The summed E-state index contributed by atoms with van der Waals surface area (Å²) in [6.45, 7) is 6.23. The van der Waals surface area contributed by atoms with Gasteiger partial charge < -0.3 is 5.01 Å². The van der Waals surface area contributed by atoms with Crippen LogP contribution in [0.5, 0.6) is 0 Å². The maximum absolute atomic E-state index is 12.0. The van der Waals surface area contributed by atoms with Gasteiger partial charge in [-0.25, -0.2) is 4.79 Å². The lowest BCUT2D eigenvalue weighted by Crippen LogP contribution is -2.53. The molecule has 0 aliphatic carbocycles. The van der Waals surface area contributed by atoms with Crippen molar-refractivity contribution < 1.29 is 14.8 Å². The molecule has 132 valence electrons. The Morgan fingerprint density at radius 1 is 1.21 bits per heavy atom. The average molecular weight is 345 g/mol. The Morgan fingerprint density at radius 3 is 2.04 bits per heavy atom. The van der Waals surface area contributed by atoms with Gasteiger partial charge >= 0.3 is 17.3 Å². The highest BCUT2D eigenvalue weighted by Crippen LogP contribution is 2.22. The zero-order chi connectivity index (χ0) is 18.7. The molecule has 1 heterocycles. The van der Waals surface area contributed by atoms with Crippen molar-refractivity contribution in [3.05, 3.63) is 53.0 Å². The Hall–Kier alpha value is -3.19. The van der Waals surface area contributed by atoms with Crippen molar-refractivity contribution in [2.75, 3.05) is 18.1 Å². The predicted molar refractivity (Wildman–Crippen MR) is 77.4 cm³/mol. The van der Waals surface area contributed by atoms with Crippen LogP contribution in [0.4, 0.5) is 0 Å². The minimum atomic E-state index is -4.03. The van der Waals surface area contributed by atoms with Crippen molar-refractivity contribution in [1.82, 2.24) is 14.6 Å². The van der Waals surface area contributed by atoms with Crippen LogP contribution in [0.2, 0.25) is 0 Å². The second-order valence-electron chi connectivity index (χ2n) is 5.11. The molecule has 0 saturated heterocycles. The summed E-state index contributed by atoms with van der Waals surface area (Å²) in [5, 5.41) is 34.4. The lowest BCUT2D eigenvalue weighted by Gasteiger charge is -2.25. The van der Waals surface area contributed by atoms with Crippen LogP contribution in [-0.2, 0) is 5.79 Å². The smallest absolute Gasteiger partial charge is 0.307 e. The molecule has 0 atom stereocenters. The van der Waals surface area contributed by atoms with E-state index in [0.29, 0.717) is 13.1 Å². The average Bonchev–Trinajstić information content (AvgIpc) is 2.44. The quantitative estimate of drug-likeness (QED) is 0.328. The lowest BCUT2D eigenvalue weighted by molar-refractivity contribution is -0.987. The van der Waals surface area contributed by atoms with E-state index in [-0.39, 0.29) is 5.92 Å². The largest absolute Gasteiger partial charge is 0.763 e. The maximum Gasteiger partial charge on any atom is 0.763 e. The molecule has 0 radical (unpaired) electrons. The summed E-state index contributed by atoms with van der Waals surface area (Å²) < 4.78 is 0.897. The van der Waals surface area contributed by atoms with Gasteiger partial charge in [-0.2, -0.15) is 14.6 Å². The predicted octanol–water partition coefficient (Wildman–Crippen LogP) is -0.807. The van der Waals surface area contributed by atoms with E-state index in [1.54, 1.807) is 6.92 Å². The summed E-state index contributed by atoms with van der Waals surface area (Å²) in [4.78, 5) is 46.1. The van der Waals surface area contributed by atoms with Crippen LogP contribution in [-0.4, -0.2) is 42.5 Å². The molecule has 0 aliphatic heterocycles. The Kier molecular flexibility index (Phi) is 5.44. The van der Waals surface area contributed by atoms with Gasteiger partial charge in [0.25, 0.3) is 0 Å². The third-order valence-corrected chi connectivity index (χ3v) is 3.00. The molecule has 0 bridgehead atoms. The molecule has 14 nitrogen and oxygen atoms in total. The number of nitrogens with zero attached hydrogens (tertiary/aromatic N) is 7. The first kappa shape index (κ1) is 18.9. The van der Waals surface area contributed by atoms with Crippen LogP contribution in [0, 0.1) is 36.3 Å². The van der Waals surface area contributed by atoms with E-state index < -0.39 is 32.1 Å². The highest BCUT2D eigenvalue weighted by molar-refractivity contribution is 4.93. The van der Waals surface area contributed by atoms with Crippen molar-refractivity contribution in [3.63, 3.8) is 0 Å². The molecule has 0 fully saturated rings. The van der Waals surface area contributed by atoms with E-state index in [2.05, 4.69) is 9.97 Å². The van der Waals surface area contributed by atoms with E-state index in [9.17, 15) is 35.1 Å². The number of hydrogen-bond acceptors (Lipinski definition) is 10. The van der Waals surface area contributed by atoms with E-state index in [1.165, 1.54) is 5.01 Å². The van der Waals surface area contributed by atoms with Crippen LogP contribution >= 0.6 is 0 Å². The van der Waals surface area contributed by atoms with E-state index in [1.807, 2.05) is 13.8 Å². The molecule has 24 heavy (non-hydrogen) atoms. The van der Waals surface area contributed by atoms with Crippen molar-refractivity contribution in [3.8, 4) is 0 Å². The minimum absolute atomic E-state index is 0.145.